The Hall–Kier alpha value is -1.75. The van der Waals surface area contributed by atoms with Gasteiger partial charge in [-0.25, -0.2) is 4.39 Å². The molecule has 0 aliphatic carbocycles. The number of hydrogen-bond donors (Lipinski definition) is 1. The van der Waals surface area contributed by atoms with Crippen molar-refractivity contribution >= 4 is 11.7 Å². The Morgan fingerprint density at radius 1 is 1.30 bits per heavy atom. The molecule has 0 bridgehead atoms. The lowest BCUT2D eigenvalue weighted by Gasteiger charge is -2.21. The largest absolute Gasteiger partial charge is 0.368 e. The van der Waals surface area contributed by atoms with Crippen molar-refractivity contribution in [3.63, 3.8) is 0 Å². The molecule has 1 saturated heterocycles. The normalized spacial score (nSPS) is 19.1. The summed E-state index contributed by atoms with van der Waals surface area (Å²) in [5, 5.41) is 0. The molecule has 2 N–H and O–H groups in total. The van der Waals surface area contributed by atoms with Gasteiger partial charge in [-0.15, -0.1) is 0 Å². The number of halogens is 1. The number of hydrogen-bond acceptors (Lipinski definition) is 3. The molecule has 1 atom stereocenters. The minimum absolute atomic E-state index is 0.000165. The monoisotopic (exact) mass is 278 g/mol. The number of rotatable bonds is 6. The van der Waals surface area contributed by atoms with Gasteiger partial charge < -0.3 is 5.73 Å². The van der Waals surface area contributed by atoms with Crippen LogP contribution in [0.15, 0.2) is 24.3 Å². The fraction of sp³-hybridized carbons (Fsp3) is 0.467. The molecule has 1 amide bonds. The highest BCUT2D eigenvalue weighted by Crippen LogP contribution is 2.17. The van der Waals surface area contributed by atoms with Crippen LogP contribution >= 0.6 is 0 Å². The Labute approximate surface area is 117 Å². The molecule has 0 aromatic heterocycles. The highest BCUT2D eigenvalue weighted by molar-refractivity contribution is 5.95. The summed E-state index contributed by atoms with van der Waals surface area (Å²) >= 11 is 0. The molecule has 1 aliphatic heterocycles. The molecule has 108 valence electrons. The van der Waals surface area contributed by atoms with Gasteiger partial charge in [0.05, 0.1) is 6.04 Å². The molecular formula is C15H19FN2O2. The number of Topliss-reactive ketones (excluding diaryl/α,β-unsaturated/α-hetero) is 1. The number of likely N-dealkylation sites (tertiary alicyclic amines) is 1. The van der Waals surface area contributed by atoms with Crippen molar-refractivity contribution < 1.29 is 14.0 Å². The Morgan fingerprint density at radius 2 is 2.00 bits per heavy atom. The molecule has 1 aromatic carbocycles. The number of ketones is 1. The van der Waals surface area contributed by atoms with Gasteiger partial charge in [-0.05, 0) is 56.6 Å². The molecule has 1 fully saturated rings. The maximum atomic E-state index is 12.8. The number of carbonyl (C=O) groups excluding carboxylic acids is 2. The van der Waals surface area contributed by atoms with Gasteiger partial charge in [-0.2, -0.15) is 0 Å². The third kappa shape index (κ3) is 3.63. The molecule has 4 nitrogen and oxygen atoms in total. The zero-order chi connectivity index (χ0) is 14.5. The van der Waals surface area contributed by atoms with Crippen molar-refractivity contribution in [1.29, 1.82) is 0 Å². The lowest BCUT2D eigenvalue weighted by Crippen LogP contribution is -2.40. The number of benzene rings is 1. The van der Waals surface area contributed by atoms with Crippen molar-refractivity contribution in [2.75, 3.05) is 13.1 Å². The van der Waals surface area contributed by atoms with Gasteiger partial charge in [0.1, 0.15) is 5.82 Å². The summed E-state index contributed by atoms with van der Waals surface area (Å²) in [5.41, 5.74) is 5.87. The third-order valence-electron chi connectivity index (χ3n) is 3.71. The van der Waals surface area contributed by atoms with Crippen LogP contribution in [-0.2, 0) is 4.79 Å². The van der Waals surface area contributed by atoms with Gasteiger partial charge in [0.15, 0.2) is 5.78 Å². The molecule has 5 heteroatoms. The Balaban J connectivity index is 1.79. The van der Waals surface area contributed by atoms with Crippen LogP contribution in [0.4, 0.5) is 4.39 Å². The van der Waals surface area contributed by atoms with Crippen molar-refractivity contribution in [2.45, 2.75) is 31.7 Å². The summed E-state index contributed by atoms with van der Waals surface area (Å²) in [6.45, 7) is 1.55. The first kappa shape index (κ1) is 14.7. The van der Waals surface area contributed by atoms with E-state index >= 15 is 0 Å². The minimum Gasteiger partial charge on any atom is -0.368 e. The second kappa shape index (κ2) is 6.61. The lowest BCUT2D eigenvalue weighted by atomic mass is 10.1. The summed E-state index contributed by atoms with van der Waals surface area (Å²) in [4.78, 5) is 25.2. The Bertz CT molecular complexity index is 487. The van der Waals surface area contributed by atoms with Crippen LogP contribution in [0.5, 0.6) is 0 Å². The van der Waals surface area contributed by atoms with E-state index in [1.807, 2.05) is 4.90 Å². The van der Waals surface area contributed by atoms with Crippen molar-refractivity contribution in [2.24, 2.45) is 5.73 Å². The maximum absolute atomic E-state index is 12.8. The summed E-state index contributed by atoms with van der Waals surface area (Å²) in [6, 6.07) is 5.39. The Morgan fingerprint density at radius 3 is 2.65 bits per heavy atom. The summed E-state index contributed by atoms with van der Waals surface area (Å²) in [5.74, 6) is -0.630. The smallest absolute Gasteiger partial charge is 0.234 e. The van der Waals surface area contributed by atoms with Crippen LogP contribution in [-0.4, -0.2) is 35.7 Å². The molecule has 0 spiro atoms. The number of primary amides is 1. The molecule has 1 heterocycles. The van der Waals surface area contributed by atoms with E-state index in [1.54, 1.807) is 0 Å². The van der Waals surface area contributed by atoms with Crippen LogP contribution in [0.2, 0.25) is 0 Å². The fourth-order valence-corrected chi connectivity index (χ4v) is 2.64. The van der Waals surface area contributed by atoms with E-state index in [1.165, 1.54) is 24.3 Å². The van der Waals surface area contributed by atoms with Gasteiger partial charge in [-0.1, -0.05) is 0 Å². The molecular weight excluding hydrogens is 259 g/mol. The number of nitrogens with zero attached hydrogens (tertiary/aromatic N) is 1. The van der Waals surface area contributed by atoms with E-state index < -0.39 is 0 Å². The van der Waals surface area contributed by atoms with Gasteiger partial charge in [0.2, 0.25) is 5.91 Å². The van der Waals surface area contributed by atoms with Crippen LogP contribution in [0, 0.1) is 5.82 Å². The molecule has 0 saturated carbocycles. The first-order valence-electron chi connectivity index (χ1n) is 6.90. The lowest BCUT2D eigenvalue weighted by molar-refractivity contribution is -0.122. The highest BCUT2D eigenvalue weighted by Gasteiger charge is 2.28. The quantitative estimate of drug-likeness (QED) is 0.806. The highest BCUT2D eigenvalue weighted by atomic mass is 19.1. The summed E-state index contributed by atoms with van der Waals surface area (Å²) < 4.78 is 12.8. The van der Waals surface area contributed by atoms with Gasteiger partial charge in [0, 0.05) is 12.0 Å². The minimum atomic E-state index is -0.345. The second-order valence-corrected chi connectivity index (χ2v) is 5.13. The molecule has 1 aliphatic rings. The second-order valence-electron chi connectivity index (χ2n) is 5.13. The van der Waals surface area contributed by atoms with E-state index in [0.717, 1.165) is 19.4 Å². The van der Waals surface area contributed by atoms with E-state index in [4.69, 9.17) is 5.73 Å². The zero-order valence-corrected chi connectivity index (χ0v) is 11.3. The molecule has 2 rings (SSSR count). The first-order chi connectivity index (χ1) is 9.58. The van der Waals surface area contributed by atoms with Crippen LogP contribution in [0.25, 0.3) is 0 Å². The fourth-order valence-electron chi connectivity index (χ4n) is 2.64. The van der Waals surface area contributed by atoms with E-state index in [2.05, 4.69) is 0 Å². The van der Waals surface area contributed by atoms with Crippen molar-refractivity contribution in [1.82, 2.24) is 4.90 Å². The predicted octanol–water partition coefficient (Wildman–Crippen LogP) is 1.74. The van der Waals surface area contributed by atoms with Gasteiger partial charge in [-0.3, -0.25) is 14.5 Å². The predicted molar refractivity (Wildman–Crippen MR) is 73.8 cm³/mol. The summed E-state index contributed by atoms with van der Waals surface area (Å²) in [7, 11) is 0. The van der Waals surface area contributed by atoms with E-state index in [-0.39, 0.29) is 23.5 Å². The van der Waals surface area contributed by atoms with Crippen LogP contribution in [0.1, 0.15) is 36.0 Å². The number of carbonyl (C=O) groups is 2. The van der Waals surface area contributed by atoms with E-state index in [0.29, 0.717) is 24.9 Å². The van der Waals surface area contributed by atoms with Crippen molar-refractivity contribution in [3.8, 4) is 0 Å². The third-order valence-corrected chi connectivity index (χ3v) is 3.71. The maximum Gasteiger partial charge on any atom is 0.234 e. The van der Waals surface area contributed by atoms with E-state index in [9.17, 15) is 14.0 Å². The molecule has 0 radical (unpaired) electrons. The SMILES string of the molecule is NC(=O)C1CCCN1CCCC(=O)c1ccc(F)cc1. The Kier molecular flexibility index (Phi) is 4.84. The molecule has 1 aromatic rings. The molecule has 20 heavy (non-hydrogen) atoms. The zero-order valence-electron chi connectivity index (χ0n) is 11.3. The van der Waals surface area contributed by atoms with Gasteiger partial charge in [0.25, 0.3) is 0 Å². The molecule has 1 unspecified atom stereocenters. The first-order valence-corrected chi connectivity index (χ1v) is 6.90. The average Bonchev–Trinajstić information content (AvgIpc) is 2.88. The topological polar surface area (TPSA) is 63.4 Å². The standard InChI is InChI=1S/C15H19FN2O2/c16-12-7-5-11(6-8-12)14(19)4-2-10-18-9-1-3-13(18)15(17)20/h5-8,13H,1-4,9-10H2,(H2,17,20). The number of nitrogens with two attached hydrogens (primary N) is 1. The van der Waals surface area contributed by atoms with Crippen LogP contribution < -0.4 is 5.73 Å². The van der Waals surface area contributed by atoms with Crippen molar-refractivity contribution in [3.05, 3.63) is 35.6 Å². The summed E-state index contributed by atoms with van der Waals surface area (Å²) in [6.07, 6.45) is 2.86. The van der Waals surface area contributed by atoms with Gasteiger partial charge >= 0.3 is 0 Å². The number of amides is 1. The average molecular weight is 278 g/mol. The van der Waals surface area contributed by atoms with Crippen LogP contribution in [0.3, 0.4) is 0 Å².